The van der Waals surface area contributed by atoms with E-state index in [0.717, 1.165) is 16.9 Å². The topological polar surface area (TPSA) is 32.3 Å². The molecule has 2 aromatic rings. The van der Waals surface area contributed by atoms with Gasteiger partial charge in [-0.15, -0.1) is 0 Å². The number of rotatable bonds is 1. The predicted octanol–water partition coefficient (Wildman–Crippen LogP) is 2.82. The van der Waals surface area contributed by atoms with Crippen molar-refractivity contribution in [2.24, 2.45) is 0 Å². The molecule has 1 aliphatic rings. The summed E-state index contributed by atoms with van der Waals surface area (Å²) in [4.78, 5) is 14.2. The number of likely N-dealkylation sites (N-methyl/N-ethyl adjacent to an activating group) is 1. The molecule has 3 heteroatoms. The Morgan fingerprint density at radius 1 is 1.00 bits per heavy atom. The van der Waals surface area contributed by atoms with Gasteiger partial charge in [0.1, 0.15) is 6.04 Å². The maximum absolute atomic E-state index is 12.2. The van der Waals surface area contributed by atoms with E-state index in [1.807, 2.05) is 66.5 Å². The van der Waals surface area contributed by atoms with E-state index >= 15 is 0 Å². The van der Waals surface area contributed by atoms with Crippen LogP contribution in [0.2, 0.25) is 0 Å². The Balaban J connectivity index is 2.06. The molecule has 1 amide bonds. The Bertz CT molecular complexity index is 580. The van der Waals surface area contributed by atoms with Crippen molar-refractivity contribution >= 4 is 17.3 Å². The van der Waals surface area contributed by atoms with E-state index in [4.69, 9.17) is 0 Å². The van der Waals surface area contributed by atoms with Crippen molar-refractivity contribution in [3.05, 3.63) is 60.2 Å². The molecule has 1 atom stereocenters. The third kappa shape index (κ3) is 1.64. The van der Waals surface area contributed by atoms with Crippen molar-refractivity contribution < 1.29 is 4.79 Å². The summed E-state index contributed by atoms with van der Waals surface area (Å²) < 4.78 is 0. The third-order valence-corrected chi connectivity index (χ3v) is 3.29. The molecule has 0 aromatic heterocycles. The van der Waals surface area contributed by atoms with E-state index in [2.05, 4.69) is 5.32 Å². The van der Waals surface area contributed by atoms with Crippen molar-refractivity contribution in [3.63, 3.8) is 0 Å². The van der Waals surface area contributed by atoms with Crippen molar-refractivity contribution in [2.45, 2.75) is 6.04 Å². The van der Waals surface area contributed by atoms with E-state index in [1.165, 1.54) is 0 Å². The van der Waals surface area contributed by atoms with Crippen LogP contribution in [-0.2, 0) is 4.79 Å². The Kier molecular flexibility index (Phi) is 2.52. The zero-order chi connectivity index (χ0) is 12.5. The standard InChI is InChI=1S/C15H14N2O/c1-17-13-10-6-5-9-12(13)16-15(18)14(17)11-7-3-2-4-8-11/h2-10,14H,1H3,(H,16,18). The minimum atomic E-state index is -0.263. The first-order valence-corrected chi connectivity index (χ1v) is 5.95. The average molecular weight is 238 g/mol. The van der Waals surface area contributed by atoms with Crippen LogP contribution in [0.15, 0.2) is 54.6 Å². The van der Waals surface area contributed by atoms with Crippen molar-refractivity contribution in [3.8, 4) is 0 Å². The molecule has 0 saturated heterocycles. The number of benzene rings is 2. The fourth-order valence-electron chi connectivity index (χ4n) is 2.41. The van der Waals surface area contributed by atoms with Gasteiger partial charge < -0.3 is 10.2 Å². The first kappa shape index (κ1) is 10.8. The number of nitrogens with zero attached hydrogens (tertiary/aromatic N) is 1. The molecule has 3 rings (SSSR count). The first-order chi connectivity index (χ1) is 8.77. The van der Waals surface area contributed by atoms with Crippen LogP contribution >= 0.6 is 0 Å². The molecule has 1 aliphatic heterocycles. The summed E-state index contributed by atoms with van der Waals surface area (Å²) >= 11 is 0. The summed E-state index contributed by atoms with van der Waals surface area (Å²) in [6.07, 6.45) is 0. The summed E-state index contributed by atoms with van der Waals surface area (Å²) in [7, 11) is 1.95. The number of carbonyl (C=O) groups excluding carboxylic acids is 1. The second-order valence-electron chi connectivity index (χ2n) is 4.43. The smallest absolute Gasteiger partial charge is 0.251 e. The second-order valence-corrected chi connectivity index (χ2v) is 4.43. The molecule has 1 heterocycles. The fraction of sp³-hybridized carbons (Fsp3) is 0.133. The van der Waals surface area contributed by atoms with Crippen LogP contribution in [0.4, 0.5) is 11.4 Å². The van der Waals surface area contributed by atoms with Crippen LogP contribution in [0.25, 0.3) is 0 Å². The number of fused-ring (bicyclic) bond motifs is 1. The highest BCUT2D eigenvalue weighted by molar-refractivity contribution is 6.03. The van der Waals surface area contributed by atoms with Crippen molar-refractivity contribution in [2.75, 3.05) is 17.3 Å². The van der Waals surface area contributed by atoms with Gasteiger partial charge in [0.15, 0.2) is 0 Å². The van der Waals surface area contributed by atoms with Gasteiger partial charge in [-0.25, -0.2) is 0 Å². The summed E-state index contributed by atoms with van der Waals surface area (Å²) in [6, 6.07) is 17.4. The molecule has 2 aromatic carbocycles. The molecule has 0 bridgehead atoms. The van der Waals surface area contributed by atoms with Gasteiger partial charge in [0.25, 0.3) is 5.91 Å². The molecule has 18 heavy (non-hydrogen) atoms. The van der Waals surface area contributed by atoms with Gasteiger partial charge in [0.05, 0.1) is 11.4 Å². The van der Waals surface area contributed by atoms with Crippen molar-refractivity contribution in [1.82, 2.24) is 0 Å². The molecule has 0 aliphatic carbocycles. The monoisotopic (exact) mass is 238 g/mol. The highest BCUT2D eigenvalue weighted by Crippen LogP contribution is 2.36. The Morgan fingerprint density at radius 3 is 2.44 bits per heavy atom. The van der Waals surface area contributed by atoms with Gasteiger partial charge in [-0.3, -0.25) is 4.79 Å². The third-order valence-electron chi connectivity index (χ3n) is 3.29. The Labute approximate surface area is 106 Å². The number of hydrogen-bond acceptors (Lipinski definition) is 2. The number of nitrogens with one attached hydrogen (secondary N) is 1. The Morgan fingerprint density at radius 2 is 1.67 bits per heavy atom. The maximum atomic E-state index is 12.2. The quantitative estimate of drug-likeness (QED) is 0.828. The normalized spacial score (nSPS) is 18.2. The molecule has 0 radical (unpaired) electrons. The number of amides is 1. The molecule has 0 fully saturated rings. The summed E-state index contributed by atoms with van der Waals surface area (Å²) in [6.45, 7) is 0. The zero-order valence-corrected chi connectivity index (χ0v) is 10.1. The van der Waals surface area contributed by atoms with Crippen LogP contribution in [0, 0.1) is 0 Å². The summed E-state index contributed by atoms with van der Waals surface area (Å²) in [5, 5.41) is 2.96. The SMILES string of the molecule is CN1c2ccccc2NC(=O)C1c1ccccc1. The van der Waals surface area contributed by atoms with E-state index in [-0.39, 0.29) is 11.9 Å². The highest BCUT2D eigenvalue weighted by Gasteiger charge is 2.31. The number of carbonyl (C=O) groups is 1. The van der Waals surface area contributed by atoms with Gasteiger partial charge in [-0.1, -0.05) is 42.5 Å². The van der Waals surface area contributed by atoms with Gasteiger partial charge in [-0.2, -0.15) is 0 Å². The number of hydrogen-bond donors (Lipinski definition) is 1. The molecule has 3 nitrogen and oxygen atoms in total. The van der Waals surface area contributed by atoms with Crippen LogP contribution in [0.1, 0.15) is 11.6 Å². The minimum Gasteiger partial charge on any atom is -0.357 e. The first-order valence-electron chi connectivity index (χ1n) is 5.95. The summed E-state index contributed by atoms with van der Waals surface area (Å²) in [5.74, 6) is 0.0161. The zero-order valence-electron chi connectivity index (χ0n) is 10.1. The van der Waals surface area contributed by atoms with Crippen LogP contribution in [0.5, 0.6) is 0 Å². The molecule has 90 valence electrons. The van der Waals surface area contributed by atoms with Crippen LogP contribution < -0.4 is 10.2 Å². The van der Waals surface area contributed by atoms with E-state index in [1.54, 1.807) is 0 Å². The second kappa shape index (κ2) is 4.18. The van der Waals surface area contributed by atoms with Gasteiger partial charge >= 0.3 is 0 Å². The largest absolute Gasteiger partial charge is 0.357 e. The van der Waals surface area contributed by atoms with E-state index in [9.17, 15) is 4.79 Å². The fourth-order valence-corrected chi connectivity index (χ4v) is 2.41. The highest BCUT2D eigenvalue weighted by atomic mass is 16.2. The maximum Gasteiger partial charge on any atom is 0.251 e. The molecule has 0 spiro atoms. The minimum absolute atomic E-state index is 0.0161. The predicted molar refractivity (Wildman–Crippen MR) is 72.7 cm³/mol. The Hall–Kier alpha value is -2.29. The number of anilines is 2. The molecule has 1 unspecified atom stereocenters. The lowest BCUT2D eigenvalue weighted by Crippen LogP contribution is -2.39. The van der Waals surface area contributed by atoms with Gasteiger partial charge in [0, 0.05) is 7.05 Å². The van der Waals surface area contributed by atoms with Crippen molar-refractivity contribution in [1.29, 1.82) is 0 Å². The summed E-state index contributed by atoms with van der Waals surface area (Å²) in [5.41, 5.74) is 2.93. The van der Waals surface area contributed by atoms with Crippen LogP contribution in [0.3, 0.4) is 0 Å². The van der Waals surface area contributed by atoms with Gasteiger partial charge in [-0.05, 0) is 17.7 Å². The molecule has 1 N–H and O–H groups in total. The molecular formula is C15H14N2O. The lowest BCUT2D eigenvalue weighted by molar-refractivity contribution is -0.117. The lowest BCUT2D eigenvalue weighted by atomic mass is 10.0. The van der Waals surface area contributed by atoms with E-state index < -0.39 is 0 Å². The van der Waals surface area contributed by atoms with Gasteiger partial charge in [0.2, 0.25) is 0 Å². The average Bonchev–Trinajstić information content (AvgIpc) is 2.40. The molecular weight excluding hydrogens is 224 g/mol. The van der Waals surface area contributed by atoms with E-state index in [0.29, 0.717) is 0 Å². The lowest BCUT2D eigenvalue weighted by Gasteiger charge is -2.35. The number of para-hydroxylation sites is 2. The van der Waals surface area contributed by atoms with Crippen LogP contribution in [-0.4, -0.2) is 13.0 Å². The molecule has 0 saturated carbocycles.